The van der Waals surface area contributed by atoms with Gasteiger partial charge in [0, 0.05) is 6.42 Å². The molecule has 48 heavy (non-hydrogen) atoms. The number of aliphatic hydroxyl groups is 3. The van der Waals surface area contributed by atoms with Crippen molar-refractivity contribution in [1.29, 1.82) is 0 Å². The smallest absolute Gasteiger partial charge is 0.337 e. The van der Waals surface area contributed by atoms with Crippen molar-refractivity contribution in [3.05, 3.63) is 61.2 Å². The highest BCUT2D eigenvalue weighted by atomic mass is 19.1. The number of ketones is 1. The van der Waals surface area contributed by atoms with Gasteiger partial charge in [-0.3, -0.25) is 19.2 Å². The van der Waals surface area contributed by atoms with Gasteiger partial charge >= 0.3 is 23.9 Å². The fraction of sp³-hybridized carbons (Fsp3) is 0.531. The number of hydrogen-bond donors (Lipinski definition) is 5. The van der Waals surface area contributed by atoms with E-state index in [2.05, 4.69) is 17.9 Å². The molecule has 274 valence electrons. The lowest BCUT2D eigenvalue weighted by atomic mass is 9.95. The Morgan fingerprint density at radius 1 is 0.708 bits per heavy atom. The van der Waals surface area contributed by atoms with Crippen LogP contribution in [0.5, 0.6) is 0 Å². The minimum atomic E-state index is -2.28. The summed E-state index contributed by atoms with van der Waals surface area (Å²) < 4.78 is 57.0. The number of alkyl halides is 4. The minimum absolute atomic E-state index is 0.0576. The largest absolute Gasteiger partial charge is 0.481 e. The quantitative estimate of drug-likeness (QED) is 0.0795. The molecule has 0 radical (unpaired) electrons. The molecule has 5 N–H and O–H groups in total. The molecular formula is C32H46F4O12. The number of carboxylic acid groups (broad SMARTS) is 2. The maximum atomic E-state index is 12.7. The van der Waals surface area contributed by atoms with Crippen LogP contribution in [-0.2, 0) is 40.1 Å². The van der Waals surface area contributed by atoms with Crippen molar-refractivity contribution in [2.45, 2.75) is 75.8 Å². The Morgan fingerprint density at radius 3 is 1.46 bits per heavy atom. The van der Waals surface area contributed by atoms with Crippen molar-refractivity contribution in [2.75, 3.05) is 33.3 Å². The molecule has 0 aliphatic carbocycles. The summed E-state index contributed by atoms with van der Waals surface area (Å²) in [7, 11) is 0. The SMILES string of the molecule is C=CCC(O)(CF)CC=C.CC(=O)CC(O)(CF)CC(=O)OCc1ccccc1.CCOC(=O)CF.O=C(O)CC(O)(CF)CC(=O)O. The third-order valence-corrected chi connectivity index (χ3v) is 5.46. The molecule has 12 nitrogen and oxygen atoms in total. The summed E-state index contributed by atoms with van der Waals surface area (Å²) in [6.07, 6.45) is 0.808. The molecule has 0 aromatic heterocycles. The van der Waals surface area contributed by atoms with Crippen molar-refractivity contribution in [3.63, 3.8) is 0 Å². The lowest BCUT2D eigenvalue weighted by Gasteiger charge is -2.22. The molecule has 0 bridgehead atoms. The van der Waals surface area contributed by atoms with E-state index in [1.165, 1.54) is 19.1 Å². The van der Waals surface area contributed by atoms with Gasteiger partial charge in [-0.25, -0.2) is 22.4 Å². The molecule has 0 amide bonds. The second-order valence-electron chi connectivity index (χ2n) is 10.3. The van der Waals surface area contributed by atoms with Gasteiger partial charge < -0.3 is 35.0 Å². The number of esters is 2. The van der Waals surface area contributed by atoms with E-state index in [1.54, 1.807) is 31.2 Å². The Morgan fingerprint density at radius 2 is 1.15 bits per heavy atom. The van der Waals surface area contributed by atoms with Gasteiger partial charge in [0.1, 0.15) is 43.6 Å². The number of rotatable bonds is 19. The second-order valence-corrected chi connectivity index (χ2v) is 10.3. The van der Waals surface area contributed by atoms with Crippen LogP contribution >= 0.6 is 0 Å². The lowest BCUT2D eigenvalue weighted by Crippen LogP contribution is -2.36. The van der Waals surface area contributed by atoms with Gasteiger partial charge in [0.25, 0.3) is 0 Å². The van der Waals surface area contributed by atoms with Crippen molar-refractivity contribution in [2.24, 2.45) is 0 Å². The first-order valence-electron chi connectivity index (χ1n) is 14.2. The molecule has 0 saturated heterocycles. The number of carbonyl (C=O) groups is 5. The van der Waals surface area contributed by atoms with Crippen molar-refractivity contribution >= 4 is 29.7 Å². The third-order valence-electron chi connectivity index (χ3n) is 5.46. The van der Waals surface area contributed by atoms with Gasteiger partial charge in [0.15, 0.2) is 6.67 Å². The molecule has 0 fully saturated rings. The van der Waals surface area contributed by atoms with Crippen molar-refractivity contribution < 1.29 is 76.5 Å². The monoisotopic (exact) mass is 698 g/mol. The number of carbonyl (C=O) groups excluding carboxylic acids is 3. The van der Waals surface area contributed by atoms with E-state index in [1.807, 2.05) is 6.07 Å². The molecule has 0 spiro atoms. The minimum Gasteiger partial charge on any atom is -0.481 e. The Kier molecular flexibility index (Phi) is 27.0. The van der Waals surface area contributed by atoms with Crippen LogP contribution in [0.2, 0.25) is 0 Å². The Hall–Kier alpha value is -4.15. The normalized spacial score (nSPS) is 11.7. The van der Waals surface area contributed by atoms with E-state index >= 15 is 0 Å². The van der Waals surface area contributed by atoms with E-state index < -0.39 is 93.1 Å². The van der Waals surface area contributed by atoms with Gasteiger partial charge in [0.2, 0.25) is 0 Å². The average molecular weight is 699 g/mol. The van der Waals surface area contributed by atoms with E-state index in [9.17, 15) is 51.7 Å². The second kappa shape index (κ2) is 26.9. The number of carboxylic acids is 2. The summed E-state index contributed by atoms with van der Waals surface area (Å²) in [4.78, 5) is 52.3. The van der Waals surface area contributed by atoms with Crippen LogP contribution in [-0.4, -0.2) is 105 Å². The van der Waals surface area contributed by atoms with Crippen LogP contribution in [0, 0.1) is 0 Å². The molecule has 0 aliphatic heterocycles. The summed E-state index contributed by atoms with van der Waals surface area (Å²) in [5.41, 5.74) is -4.70. The molecule has 1 rings (SSSR count). The molecule has 1 aromatic rings. The van der Waals surface area contributed by atoms with E-state index in [-0.39, 0.29) is 31.8 Å². The van der Waals surface area contributed by atoms with Crippen LogP contribution < -0.4 is 0 Å². The van der Waals surface area contributed by atoms with Crippen LogP contribution in [0.3, 0.4) is 0 Å². The molecule has 1 aromatic carbocycles. The Bertz CT molecular complexity index is 1090. The first-order valence-corrected chi connectivity index (χ1v) is 14.2. The number of halogens is 4. The molecule has 0 heterocycles. The van der Waals surface area contributed by atoms with Gasteiger partial charge in [-0.05, 0) is 32.3 Å². The highest BCUT2D eigenvalue weighted by molar-refractivity contribution is 5.78. The van der Waals surface area contributed by atoms with Gasteiger partial charge in [0.05, 0.1) is 31.5 Å². The number of benzene rings is 1. The number of aliphatic carboxylic acids is 2. The van der Waals surface area contributed by atoms with Gasteiger partial charge in [-0.2, -0.15) is 0 Å². The number of ether oxygens (including phenoxy) is 2. The molecule has 16 heteroatoms. The van der Waals surface area contributed by atoms with Crippen molar-refractivity contribution in [1.82, 2.24) is 0 Å². The molecule has 0 saturated carbocycles. The van der Waals surface area contributed by atoms with Crippen LogP contribution in [0.25, 0.3) is 0 Å². The third kappa shape index (κ3) is 27.0. The van der Waals surface area contributed by atoms with E-state index in [0.717, 1.165) is 5.56 Å². The zero-order valence-corrected chi connectivity index (χ0v) is 27.0. The summed E-state index contributed by atoms with van der Waals surface area (Å²) >= 11 is 0. The predicted octanol–water partition coefficient (Wildman–Crippen LogP) is 3.79. The average Bonchev–Trinajstić information content (AvgIpc) is 3.00. The van der Waals surface area contributed by atoms with Crippen LogP contribution in [0.15, 0.2) is 55.6 Å². The summed E-state index contributed by atoms with van der Waals surface area (Å²) in [6, 6.07) is 9.00. The van der Waals surface area contributed by atoms with Gasteiger partial charge in [-0.15, -0.1) is 13.2 Å². The fourth-order valence-corrected chi connectivity index (χ4v) is 3.33. The first-order chi connectivity index (χ1) is 22.3. The maximum Gasteiger partial charge on any atom is 0.337 e. The summed E-state index contributed by atoms with van der Waals surface area (Å²) in [6.45, 7) is 5.70. The number of hydrogen-bond acceptors (Lipinski definition) is 10. The fourth-order valence-electron chi connectivity index (χ4n) is 3.33. The maximum absolute atomic E-state index is 12.7. The number of Topliss-reactive ketones (excluding diaryl/α,β-unsaturated/α-hetero) is 1. The molecule has 1 unspecified atom stereocenters. The van der Waals surface area contributed by atoms with Crippen LogP contribution in [0.1, 0.15) is 57.9 Å². The topological polar surface area (TPSA) is 205 Å². The zero-order valence-electron chi connectivity index (χ0n) is 27.0. The summed E-state index contributed by atoms with van der Waals surface area (Å²) in [5.74, 6) is -4.77. The highest BCUT2D eigenvalue weighted by Crippen LogP contribution is 2.19. The molecule has 1 atom stereocenters. The molecular weight excluding hydrogens is 652 g/mol. The first kappa shape index (κ1) is 48.2. The highest BCUT2D eigenvalue weighted by Gasteiger charge is 2.33. The predicted molar refractivity (Wildman–Crippen MR) is 166 cm³/mol. The lowest BCUT2D eigenvalue weighted by molar-refractivity contribution is -0.153. The molecule has 0 aliphatic rings. The van der Waals surface area contributed by atoms with E-state index in [0.29, 0.717) is 0 Å². The Balaban J connectivity index is -0.000000605. The van der Waals surface area contributed by atoms with Gasteiger partial charge in [-0.1, -0.05) is 42.5 Å². The van der Waals surface area contributed by atoms with Crippen LogP contribution in [0.4, 0.5) is 17.6 Å². The van der Waals surface area contributed by atoms with E-state index in [4.69, 9.17) is 20.1 Å². The van der Waals surface area contributed by atoms with Crippen molar-refractivity contribution in [3.8, 4) is 0 Å². The standard InChI is InChI=1S/C14H17FO4.C8H13FO.C6H9FO5.C4H7FO2/c1-11(16)7-14(18,10-15)8-13(17)19-9-12-5-3-2-4-6-12;1-3-5-8(10,7-9)6-4-2;7-3-6(12,1-4(8)9)2-5(10)11;1-2-7-4(6)3-5/h2-6,18H,7-10H2,1H3;3-4,10H,1-2,5-7H2;12H,1-3H2,(H,8,9)(H,10,11);2-3H2,1H3. The zero-order chi connectivity index (χ0) is 37.8. The Labute approximate surface area is 276 Å². The summed E-state index contributed by atoms with van der Waals surface area (Å²) in [5, 5.41) is 44.4.